The molecule has 4 rings (SSSR count). The molecule has 1 aliphatic heterocycles. The molecule has 0 radical (unpaired) electrons. The summed E-state index contributed by atoms with van der Waals surface area (Å²) in [5.74, 6) is -1.23. The highest BCUT2D eigenvalue weighted by atomic mass is 16.5. The van der Waals surface area contributed by atoms with Gasteiger partial charge in [0.1, 0.15) is 23.0 Å². The summed E-state index contributed by atoms with van der Waals surface area (Å²) in [4.78, 5) is 40.5. The number of aliphatic hydroxyl groups excluding tert-OH is 1. The van der Waals surface area contributed by atoms with Crippen LogP contribution in [0.15, 0.2) is 72.3 Å². The van der Waals surface area contributed by atoms with Gasteiger partial charge in [-0.1, -0.05) is 12.1 Å². The number of benzene rings is 3. The van der Waals surface area contributed by atoms with Crippen molar-refractivity contribution in [3.8, 4) is 17.2 Å². The van der Waals surface area contributed by atoms with Crippen LogP contribution in [0.5, 0.6) is 17.2 Å². The van der Waals surface area contributed by atoms with Gasteiger partial charge in [-0.25, -0.2) is 4.79 Å². The smallest absolute Gasteiger partial charge is 0.338 e. The molecule has 1 saturated heterocycles. The van der Waals surface area contributed by atoms with Crippen LogP contribution in [0.1, 0.15) is 48.3 Å². The number of amides is 1. The number of ether oxygens (including phenoxy) is 4. The van der Waals surface area contributed by atoms with E-state index in [1.165, 1.54) is 24.1 Å². The van der Waals surface area contributed by atoms with Gasteiger partial charge in [-0.3, -0.25) is 14.5 Å². The molecule has 0 saturated carbocycles. The average Bonchev–Trinajstić information content (AvgIpc) is 3.23. The molecule has 1 aliphatic rings. The van der Waals surface area contributed by atoms with E-state index >= 15 is 0 Å². The average molecular weight is 546 g/mol. The van der Waals surface area contributed by atoms with Gasteiger partial charge < -0.3 is 24.1 Å². The van der Waals surface area contributed by atoms with Crippen molar-refractivity contribution in [1.29, 1.82) is 0 Å². The highest BCUT2D eigenvalue weighted by Gasteiger charge is 2.47. The molecule has 0 aromatic heterocycles. The quantitative estimate of drug-likeness (QED) is 0.158. The molecule has 1 atom stereocenters. The summed E-state index contributed by atoms with van der Waals surface area (Å²) in [6.45, 7) is 6.32. The monoisotopic (exact) mass is 545 g/mol. The summed E-state index contributed by atoms with van der Waals surface area (Å²) < 4.78 is 21.8. The first-order valence-electron chi connectivity index (χ1n) is 13.0. The molecule has 40 heavy (non-hydrogen) atoms. The van der Waals surface area contributed by atoms with Crippen LogP contribution in [0.3, 0.4) is 0 Å². The molecule has 9 heteroatoms. The van der Waals surface area contributed by atoms with Gasteiger partial charge in [-0.05, 0) is 74.9 Å². The van der Waals surface area contributed by atoms with E-state index in [0.717, 1.165) is 0 Å². The number of hydrogen-bond donors (Lipinski definition) is 1. The first-order valence-corrected chi connectivity index (χ1v) is 13.0. The van der Waals surface area contributed by atoms with Crippen LogP contribution in [-0.2, 0) is 14.3 Å². The predicted octanol–water partition coefficient (Wildman–Crippen LogP) is 5.30. The molecule has 0 aliphatic carbocycles. The zero-order valence-electron chi connectivity index (χ0n) is 22.8. The maximum Gasteiger partial charge on any atom is 0.338 e. The van der Waals surface area contributed by atoms with Gasteiger partial charge in [-0.2, -0.15) is 0 Å². The van der Waals surface area contributed by atoms with E-state index in [-0.39, 0.29) is 23.5 Å². The van der Waals surface area contributed by atoms with E-state index in [4.69, 9.17) is 18.9 Å². The van der Waals surface area contributed by atoms with Crippen LogP contribution in [0.4, 0.5) is 5.69 Å². The van der Waals surface area contributed by atoms with Crippen molar-refractivity contribution in [2.24, 2.45) is 0 Å². The molecular weight excluding hydrogens is 514 g/mol. The van der Waals surface area contributed by atoms with Crippen LogP contribution in [0, 0.1) is 0 Å². The topological polar surface area (TPSA) is 112 Å². The molecule has 1 heterocycles. The van der Waals surface area contributed by atoms with Gasteiger partial charge in [0.25, 0.3) is 11.7 Å². The fourth-order valence-corrected chi connectivity index (χ4v) is 4.57. The number of aliphatic hydroxyl groups is 1. The third kappa shape index (κ3) is 5.49. The SMILES string of the molecule is CCOC(=O)c1ccc(N2C(=O)C(=O)/C(=C(\O)c3ccc(OCC)cc3OCC)C2c2cccc(OC)c2)cc1. The molecule has 1 N–H and O–H groups in total. The number of rotatable bonds is 10. The third-order valence-electron chi connectivity index (χ3n) is 6.33. The van der Waals surface area contributed by atoms with Crippen molar-refractivity contribution in [2.75, 3.05) is 31.8 Å². The number of nitrogens with zero attached hydrogens (tertiary/aromatic N) is 1. The lowest BCUT2D eigenvalue weighted by Crippen LogP contribution is -2.29. The van der Waals surface area contributed by atoms with Gasteiger partial charge >= 0.3 is 5.97 Å². The number of methoxy groups -OCH3 is 1. The summed E-state index contributed by atoms with van der Waals surface area (Å²) in [5, 5.41) is 11.6. The summed E-state index contributed by atoms with van der Waals surface area (Å²) in [6.07, 6.45) is 0. The Labute approximate surface area is 232 Å². The number of esters is 1. The highest BCUT2D eigenvalue weighted by Crippen LogP contribution is 2.44. The minimum absolute atomic E-state index is 0.113. The van der Waals surface area contributed by atoms with Crippen LogP contribution in [0.25, 0.3) is 5.76 Å². The minimum atomic E-state index is -0.996. The lowest BCUT2D eigenvalue weighted by Gasteiger charge is -2.26. The molecule has 9 nitrogen and oxygen atoms in total. The maximum absolute atomic E-state index is 13.6. The Morgan fingerprint density at radius 2 is 1.60 bits per heavy atom. The molecule has 208 valence electrons. The molecule has 1 amide bonds. The number of hydrogen-bond acceptors (Lipinski definition) is 8. The Balaban J connectivity index is 1.90. The Morgan fingerprint density at radius 3 is 2.25 bits per heavy atom. The minimum Gasteiger partial charge on any atom is -0.507 e. The van der Waals surface area contributed by atoms with Crippen molar-refractivity contribution in [3.05, 3.63) is 89.0 Å². The molecule has 0 spiro atoms. The molecule has 3 aromatic rings. The fraction of sp³-hybridized carbons (Fsp3) is 0.258. The van der Waals surface area contributed by atoms with Crippen molar-refractivity contribution >= 4 is 29.1 Å². The third-order valence-corrected chi connectivity index (χ3v) is 6.33. The summed E-state index contributed by atoms with van der Waals surface area (Å²) in [7, 11) is 1.51. The zero-order valence-corrected chi connectivity index (χ0v) is 22.8. The van der Waals surface area contributed by atoms with E-state index in [1.54, 1.807) is 68.4 Å². The van der Waals surface area contributed by atoms with Crippen molar-refractivity contribution < 1.29 is 38.4 Å². The maximum atomic E-state index is 13.6. The fourth-order valence-electron chi connectivity index (χ4n) is 4.57. The second-order valence-electron chi connectivity index (χ2n) is 8.74. The number of carbonyl (C=O) groups excluding carboxylic acids is 3. The van der Waals surface area contributed by atoms with Crippen molar-refractivity contribution in [2.45, 2.75) is 26.8 Å². The van der Waals surface area contributed by atoms with Gasteiger partial charge in [-0.15, -0.1) is 0 Å². The van der Waals surface area contributed by atoms with Crippen LogP contribution < -0.4 is 19.1 Å². The van der Waals surface area contributed by atoms with Gasteiger partial charge in [0.2, 0.25) is 0 Å². The lowest BCUT2D eigenvalue weighted by molar-refractivity contribution is -0.132. The molecule has 3 aromatic carbocycles. The number of anilines is 1. The second-order valence-corrected chi connectivity index (χ2v) is 8.74. The Morgan fingerprint density at radius 1 is 0.875 bits per heavy atom. The van der Waals surface area contributed by atoms with E-state index in [0.29, 0.717) is 47.3 Å². The van der Waals surface area contributed by atoms with E-state index in [2.05, 4.69) is 0 Å². The lowest BCUT2D eigenvalue weighted by atomic mass is 9.94. The number of ketones is 1. The van der Waals surface area contributed by atoms with Crippen molar-refractivity contribution in [3.63, 3.8) is 0 Å². The Bertz CT molecular complexity index is 1440. The number of Topliss-reactive ketones (excluding diaryl/α,β-unsaturated/α-hetero) is 1. The predicted molar refractivity (Wildman–Crippen MR) is 149 cm³/mol. The highest BCUT2D eigenvalue weighted by molar-refractivity contribution is 6.51. The summed E-state index contributed by atoms with van der Waals surface area (Å²) >= 11 is 0. The summed E-state index contributed by atoms with van der Waals surface area (Å²) in [6, 6.07) is 17.0. The zero-order chi connectivity index (χ0) is 28.8. The second kappa shape index (κ2) is 12.4. The van der Waals surface area contributed by atoms with Crippen LogP contribution >= 0.6 is 0 Å². The summed E-state index contributed by atoms with van der Waals surface area (Å²) in [5.41, 5.74) is 1.33. The van der Waals surface area contributed by atoms with E-state index in [1.807, 2.05) is 6.92 Å². The first-order chi connectivity index (χ1) is 19.3. The van der Waals surface area contributed by atoms with Gasteiger partial charge in [0, 0.05) is 11.8 Å². The van der Waals surface area contributed by atoms with E-state index in [9.17, 15) is 19.5 Å². The number of carbonyl (C=O) groups is 3. The first kappa shape index (κ1) is 28.2. The van der Waals surface area contributed by atoms with Crippen LogP contribution in [0.2, 0.25) is 0 Å². The van der Waals surface area contributed by atoms with E-state index < -0.39 is 23.7 Å². The normalized spacial score (nSPS) is 16.1. The molecular formula is C31H31NO8. The van der Waals surface area contributed by atoms with Gasteiger partial charge in [0.15, 0.2) is 0 Å². The van der Waals surface area contributed by atoms with Gasteiger partial charge in [0.05, 0.1) is 49.7 Å². The molecule has 1 unspecified atom stereocenters. The largest absolute Gasteiger partial charge is 0.507 e. The van der Waals surface area contributed by atoms with Crippen LogP contribution in [-0.4, -0.2) is 49.7 Å². The molecule has 0 bridgehead atoms. The Kier molecular flexibility index (Phi) is 8.73. The molecule has 1 fully saturated rings. The Hall–Kier alpha value is -4.79. The van der Waals surface area contributed by atoms with Crippen molar-refractivity contribution in [1.82, 2.24) is 0 Å². The standard InChI is InChI=1S/C31H31NO8/c1-5-38-23-15-16-24(25(18-23)39-6-2)28(33)26-27(20-9-8-10-22(17-20)37-4)32(30(35)29(26)34)21-13-11-19(12-14-21)31(36)40-7-3/h8-18,27,33H,5-7H2,1-4H3/b28-26-.